The number of carbonyl (C=O) groups is 2. The topological polar surface area (TPSA) is 55.4 Å². The van der Waals surface area contributed by atoms with Crippen molar-refractivity contribution in [2.75, 3.05) is 19.4 Å². The van der Waals surface area contributed by atoms with E-state index in [4.69, 9.17) is 0 Å². The number of thioether (sulfide) groups is 1. The molecule has 8 heteroatoms. The standard InChI is InChI=1S/C9H14F3NO3S/c1-6(3-8(15)16-2)17-4-7(14)13-5-9(10,11)12/h6H,3-5H2,1-2H3,(H,13,14). The molecule has 1 unspecified atom stereocenters. The summed E-state index contributed by atoms with van der Waals surface area (Å²) in [5, 5.41) is 1.56. The van der Waals surface area contributed by atoms with Gasteiger partial charge in [0.1, 0.15) is 6.54 Å². The van der Waals surface area contributed by atoms with E-state index < -0.39 is 24.6 Å². The molecule has 0 bridgehead atoms. The summed E-state index contributed by atoms with van der Waals surface area (Å²) in [6.45, 7) is 0.358. The second-order valence-electron chi connectivity index (χ2n) is 3.29. The second kappa shape index (κ2) is 7.41. The van der Waals surface area contributed by atoms with E-state index in [0.717, 1.165) is 11.8 Å². The van der Waals surface area contributed by atoms with E-state index in [1.807, 2.05) is 0 Å². The van der Waals surface area contributed by atoms with Crippen LogP contribution in [-0.4, -0.2) is 42.7 Å². The van der Waals surface area contributed by atoms with Gasteiger partial charge in [0.25, 0.3) is 0 Å². The average Bonchev–Trinajstić information content (AvgIpc) is 2.22. The maximum absolute atomic E-state index is 11.7. The number of esters is 1. The SMILES string of the molecule is COC(=O)CC(C)SCC(=O)NCC(F)(F)F. The molecule has 1 N–H and O–H groups in total. The zero-order valence-electron chi connectivity index (χ0n) is 9.47. The fraction of sp³-hybridized carbons (Fsp3) is 0.778. The summed E-state index contributed by atoms with van der Waals surface area (Å²) < 4.78 is 39.7. The molecule has 0 fully saturated rings. The fourth-order valence-corrected chi connectivity index (χ4v) is 1.64. The Morgan fingerprint density at radius 1 is 1.41 bits per heavy atom. The number of rotatable bonds is 6. The molecule has 1 amide bonds. The molecular weight excluding hydrogens is 259 g/mol. The first-order valence-electron chi connectivity index (χ1n) is 4.76. The maximum atomic E-state index is 11.7. The molecule has 0 aromatic carbocycles. The van der Waals surface area contributed by atoms with E-state index >= 15 is 0 Å². The Balaban J connectivity index is 3.73. The predicted octanol–water partition coefficient (Wildman–Crippen LogP) is 1.35. The maximum Gasteiger partial charge on any atom is 0.405 e. The molecule has 0 rings (SSSR count). The van der Waals surface area contributed by atoms with Crippen LogP contribution < -0.4 is 5.32 Å². The summed E-state index contributed by atoms with van der Waals surface area (Å²) in [6, 6.07) is 0. The van der Waals surface area contributed by atoms with Crippen molar-refractivity contribution in [2.45, 2.75) is 24.8 Å². The van der Waals surface area contributed by atoms with Gasteiger partial charge >= 0.3 is 12.1 Å². The Morgan fingerprint density at radius 2 is 2.00 bits per heavy atom. The molecule has 0 aliphatic carbocycles. The smallest absolute Gasteiger partial charge is 0.405 e. The van der Waals surface area contributed by atoms with Crippen LogP contribution >= 0.6 is 11.8 Å². The van der Waals surface area contributed by atoms with Crippen LogP contribution in [0.5, 0.6) is 0 Å². The first-order chi connectivity index (χ1) is 7.74. The third kappa shape index (κ3) is 9.98. The molecule has 0 aliphatic rings. The molecule has 0 aromatic rings. The van der Waals surface area contributed by atoms with Crippen molar-refractivity contribution in [2.24, 2.45) is 0 Å². The van der Waals surface area contributed by atoms with Gasteiger partial charge in [-0.2, -0.15) is 13.2 Å². The number of amides is 1. The molecule has 0 aliphatic heterocycles. The number of hydrogen-bond acceptors (Lipinski definition) is 4. The van der Waals surface area contributed by atoms with Crippen molar-refractivity contribution < 1.29 is 27.5 Å². The van der Waals surface area contributed by atoms with Gasteiger partial charge in [0.15, 0.2) is 0 Å². The molecule has 1 atom stereocenters. The lowest BCUT2D eigenvalue weighted by Crippen LogP contribution is -2.35. The highest BCUT2D eigenvalue weighted by Crippen LogP contribution is 2.15. The van der Waals surface area contributed by atoms with Crippen molar-refractivity contribution in [3.05, 3.63) is 0 Å². The number of ether oxygens (including phenoxy) is 1. The highest BCUT2D eigenvalue weighted by molar-refractivity contribution is 8.00. The first kappa shape index (κ1) is 16.1. The van der Waals surface area contributed by atoms with Crippen LogP contribution in [0, 0.1) is 0 Å². The molecule has 0 aromatic heterocycles. The number of hydrogen-bond donors (Lipinski definition) is 1. The number of alkyl halides is 3. The van der Waals surface area contributed by atoms with Gasteiger partial charge in [-0.3, -0.25) is 9.59 Å². The van der Waals surface area contributed by atoms with Gasteiger partial charge in [-0.15, -0.1) is 11.8 Å². The van der Waals surface area contributed by atoms with Crippen LogP contribution in [0.2, 0.25) is 0 Å². The highest BCUT2D eigenvalue weighted by atomic mass is 32.2. The van der Waals surface area contributed by atoms with Gasteiger partial charge in [0.05, 0.1) is 19.3 Å². The van der Waals surface area contributed by atoms with Crippen LogP contribution in [0.25, 0.3) is 0 Å². The first-order valence-corrected chi connectivity index (χ1v) is 5.81. The second-order valence-corrected chi connectivity index (χ2v) is 4.72. The molecule has 17 heavy (non-hydrogen) atoms. The summed E-state index contributed by atoms with van der Waals surface area (Å²) in [6.07, 6.45) is -4.29. The van der Waals surface area contributed by atoms with Crippen molar-refractivity contribution in [3.63, 3.8) is 0 Å². The lowest BCUT2D eigenvalue weighted by atomic mass is 10.3. The van der Waals surface area contributed by atoms with Crippen molar-refractivity contribution >= 4 is 23.6 Å². The number of halogens is 3. The Hall–Kier alpha value is -0.920. The number of nitrogens with one attached hydrogen (secondary N) is 1. The third-order valence-electron chi connectivity index (χ3n) is 1.67. The van der Waals surface area contributed by atoms with Gasteiger partial charge in [-0.1, -0.05) is 6.92 Å². The Labute approximate surface area is 101 Å². The zero-order chi connectivity index (χ0) is 13.5. The minimum Gasteiger partial charge on any atom is -0.469 e. The van der Waals surface area contributed by atoms with Crippen molar-refractivity contribution in [1.29, 1.82) is 0 Å². The van der Waals surface area contributed by atoms with Crippen LogP contribution in [0.15, 0.2) is 0 Å². The Morgan fingerprint density at radius 3 is 2.47 bits per heavy atom. The molecular formula is C9H14F3NO3S. The molecule has 0 saturated heterocycles. The summed E-state index contributed by atoms with van der Waals surface area (Å²) in [5.74, 6) is -1.24. The largest absolute Gasteiger partial charge is 0.469 e. The summed E-state index contributed by atoms with van der Waals surface area (Å²) >= 11 is 1.10. The summed E-state index contributed by atoms with van der Waals surface area (Å²) in [5.41, 5.74) is 0. The van der Waals surface area contributed by atoms with Crippen LogP contribution in [-0.2, 0) is 14.3 Å². The predicted molar refractivity (Wildman–Crippen MR) is 57.6 cm³/mol. The number of carbonyl (C=O) groups excluding carboxylic acids is 2. The lowest BCUT2D eigenvalue weighted by molar-refractivity contribution is -0.140. The van der Waals surface area contributed by atoms with E-state index in [-0.39, 0.29) is 17.4 Å². The molecule has 0 radical (unpaired) electrons. The zero-order valence-corrected chi connectivity index (χ0v) is 10.3. The number of methoxy groups -OCH3 is 1. The molecule has 4 nitrogen and oxygen atoms in total. The average molecular weight is 273 g/mol. The van der Waals surface area contributed by atoms with Gasteiger partial charge in [-0.25, -0.2) is 0 Å². The van der Waals surface area contributed by atoms with Gasteiger partial charge in [0.2, 0.25) is 5.91 Å². The Kier molecular flexibility index (Phi) is 7.01. The van der Waals surface area contributed by atoms with E-state index in [0.29, 0.717) is 0 Å². The van der Waals surface area contributed by atoms with E-state index in [1.54, 1.807) is 12.2 Å². The van der Waals surface area contributed by atoms with Gasteiger partial charge in [0, 0.05) is 5.25 Å². The molecule has 0 saturated carbocycles. The quantitative estimate of drug-likeness (QED) is 0.742. The summed E-state index contributed by atoms with van der Waals surface area (Å²) in [7, 11) is 1.25. The lowest BCUT2D eigenvalue weighted by Gasteiger charge is -2.11. The minimum atomic E-state index is -4.40. The van der Waals surface area contributed by atoms with Crippen molar-refractivity contribution in [1.82, 2.24) is 5.32 Å². The monoisotopic (exact) mass is 273 g/mol. The third-order valence-corrected chi connectivity index (χ3v) is 2.83. The molecule has 100 valence electrons. The summed E-state index contributed by atoms with van der Waals surface area (Å²) in [4.78, 5) is 21.8. The van der Waals surface area contributed by atoms with E-state index in [2.05, 4.69) is 4.74 Å². The van der Waals surface area contributed by atoms with Gasteiger partial charge in [-0.05, 0) is 0 Å². The van der Waals surface area contributed by atoms with Crippen LogP contribution in [0.4, 0.5) is 13.2 Å². The molecule has 0 heterocycles. The van der Waals surface area contributed by atoms with E-state index in [1.165, 1.54) is 7.11 Å². The molecule has 0 spiro atoms. The minimum absolute atomic E-state index is 0.117. The normalized spacial score (nSPS) is 13.0. The van der Waals surface area contributed by atoms with Gasteiger partial charge < -0.3 is 10.1 Å². The van der Waals surface area contributed by atoms with E-state index in [9.17, 15) is 22.8 Å². The highest BCUT2D eigenvalue weighted by Gasteiger charge is 2.27. The van der Waals surface area contributed by atoms with Crippen LogP contribution in [0.3, 0.4) is 0 Å². The Bertz CT molecular complexity index is 271. The fourth-order valence-electron chi connectivity index (χ4n) is 0.845. The van der Waals surface area contributed by atoms with Crippen molar-refractivity contribution in [3.8, 4) is 0 Å². The van der Waals surface area contributed by atoms with Crippen LogP contribution in [0.1, 0.15) is 13.3 Å².